The molecule has 1 aliphatic rings. The van der Waals surface area contributed by atoms with Crippen LogP contribution in [0.5, 0.6) is 0 Å². The van der Waals surface area contributed by atoms with Gasteiger partial charge in [-0.05, 0) is 36.5 Å². The molecule has 0 aliphatic carbocycles. The number of nitrogens with two attached hydrogens (primary N) is 1. The van der Waals surface area contributed by atoms with Gasteiger partial charge in [0.05, 0.1) is 11.4 Å². The molecule has 10 heteroatoms. The molecule has 1 fully saturated rings. The Bertz CT molecular complexity index is 1190. The first-order chi connectivity index (χ1) is 15.6. The molecule has 0 saturated carbocycles. The largest absolute Gasteiger partial charge is 0.364 e. The first-order valence-corrected chi connectivity index (χ1v) is 11.2. The Labute approximate surface area is 199 Å². The quantitative estimate of drug-likeness (QED) is 0.396. The van der Waals surface area contributed by atoms with E-state index in [-0.39, 0.29) is 24.4 Å². The Morgan fingerprint density at radius 3 is 2.67 bits per heavy atom. The highest BCUT2D eigenvalue weighted by atomic mass is 35.5. The molecule has 0 atom stereocenters. The predicted octanol–water partition coefficient (Wildman–Crippen LogP) is 3.62. The van der Waals surface area contributed by atoms with E-state index in [1.54, 1.807) is 6.20 Å². The Morgan fingerprint density at radius 2 is 1.94 bits per heavy atom. The van der Waals surface area contributed by atoms with Crippen LogP contribution >= 0.6 is 12.4 Å². The summed E-state index contributed by atoms with van der Waals surface area (Å²) >= 11 is 0. The first-order valence-electron chi connectivity index (χ1n) is 11.2. The van der Waals surface area contributed by atoms with Crippen molar-refractivity contribution in [2.75, 3.05) is 23.3 Å². The maximum absolute atomic E-state index is 6.11. The van der Waals surface area contributed by atoms with E-state index >= 15 is 0 Å². The number of nitrogens with one attached hydrogen (secondary N) is 2. The van der Waals surface area contributed by atoms with Gasteiger partial charge in [-0.15, -0.1) is 12.4 Å². The van der Waals surface area contributed by atoms with E-state index in [9.17, 15) is 0 Å². The fourth-order valence-corrected chi connectivity index (χ4v) is 4.15. The van der Waals surface area contributed by atoms with Gasteiger partial charge in [-0.25, -0.2) is 9.67 Å². The van der Waals surface area contributed by atoms with Crippen molar-refractivity contribution in [1.29, 1.82) is 0 Å². The van der Waals surface area contributed by atoms with E-state index in [1.165, 1.54) is 0 Å². The van der Waals surface area contributed by atoms with Crippen LogP contribution < -0.4 is 16.0 Å². The van der Waals surface area contributed by atoms with Crippen LogP contribution in [0.1, 0.15) is 43.9 Å². The fraction of sp³-hybridized carbons (Fsp3) is 0.391. The molecule has 1 saturated heterocycles. The number of anilines is 2. The zero-order chi connectivity index (χ0) is 22.1. The van der Waals surface area contributed by atoms with Crippen molar-refractivity contribution in [2.45, 2.75) is 45.2 Å². The molecular formula is C23H30ClN9. The molecule has 1 aliphatic heterocycles. The molecule has 4 heterocycles. The van der Waals surface area contributed by atoms with Crippen molar-refractivity contribution < 1.29 is 0 Å². The molecule has 3 aromatic heterocycles. The molecule has 1 aromatic carbocycles. The number of H-pyrrole nitrogens is 1. The van der Waals surface area contributed by atoms with Crippen molar-refractivity contribution in [3.63, 3.8) is 0 Å². The highest BCUT2D eigenvalue weighted by Gasteiger charge is 2.22. The van der Waals surface area contributed by atoms with Gasteiger partial charge in [-0.1, -0.05) is 32.0 Å². The Kier molecular flexibility index (Phi) is 6.80. The average molecular weight is 468 g/mol. The van der Waals surface area contributed by atoms with Crippen LogP contribution in [0.4, 0.5) is 11.8 Å². The minimum Gasteiger partial charge on any atom is -0.364 e. The lowest BCUT2D eigenvalue weighted by atomic mass is 10.1. The second-order valence-corrected chi connectivity index (χ2v) is 8.62. The van der Waals surface area contributed by atoms with Crippen molar-refractivity contribution in [3.05, 3.63) is 54.0 Å². The lowest BCUT2D eigenvalue weighted by Gasteiger charge is -2.30. The minimum atomic E-state index is 0. The van der Waals surface area contributed by atoms with Crippen molar-refractivity contribution in [2.24, 2.45) is 5.73 Å². The third-order valence-corrected chi connectivity index (χ3v) is 5.99. The maximum atomic E-state index is 6.11. The van der Waals surface area contributed by atoms with Gasteiger partial charge < -0.3 is 16.0 Å². The van der Waals surface area contributed by atoms with E-state index in [0.717, 1.165) is 65.7 Å². The van der Waals surface area contributed by atoms with Crippen LogP contribution in [-0.4, -0.2) is 49.1 Å². The average Bonchev–Trinajstić information content (AvgIpc) is 3.48. The van der Waals surface area contributed by atoms with E-state index in [2.05, 4.69) is 51.5 Å². The Hall–Kier alpha value is -3.17. The molecule has 9 nitrogen and oxygen atoms in total. The Balaban J connectivity index is 0.00000259. The third kappa shape index (κ3) is 4.65. The van der Waals surface area contributed by atoms with Gasteiger partial charge in [0.25, 0.3) is 0 Å². The Morgan fingerprint density at radius 1 is 1.15 bits per heavy atom. The number of aromatic amines is 1. The molecule has 0 spiro atoms. The van der Waals surface area contributed by atoms with Crippen LogP contribution in [-0.2, 0) is 6.54 Å². The molecular weight excluding hydrogens is 438 g/mol. The monoisotopic (exact) mass is 467 g/mol. The zero-order valence-corrected chi connectivity index (χ0v) is 19.7. The van der Waals surface area contributed by atoms with E-state index < -0.39 is 0 Å². The van der Waals surface area contributed by atoms with Gasteiger partial charge in [0.1, 0.15) is 11.0 Å². The topological polar surface area (TPSA) is 114 Å². The molecule has 0 bridgehead atoms. The summed E-state index contributed by atoms with van der Waals surface area (Å²) in [6.45, 7) is 6.59. The lowest BCUT2D eigenvalue weighted by Crippen LogP contribution is -2.40. The summed E-state index contributed by atoms with van der Waals surface area (Å²) in [6, 6.07) is 10.4. The number of nitrogens with zero attached hydrogens (tertiary/aromatic N) is 6. The smallest absolute Gasteiger partial charge is 0.228 e. The molecule has 0 unspecified atom stereocenters. The molecule has 0 amide bonds. The van der Waals surface area contributed by atoms with Gasteiger partial charge in [0, 0.05) is 38.1 Å². The minimum absolute atomic E-state index is 0. The van der Waals surface area contributed by atoms with Crippen LogP contribution in [0.3, 0.4) is 0 Å². The summed E-state index contributed by atoms with van der Waals surface area (Å²) < 4.78 is 1.88. The summed E-state index contributed by atoms with van der Waals surface area (Å²) in [4.78, 5) is 12.0. The molecule has 5 rings (SSSR count). The van der Waals surface area contributed by atoms with Gasteiger partial charge >= 0.3 is 0 Å². The van der Waals surface area contributed by atoms with E-state index in [4.69, 9.17) is 15.7 Å². The van der Waals surface area contributed by atoms with E-state index in [0.29, 0.717) is 6.54 Å². The maximum Gasteiger partial charge on any atom is 0.228 e. The number of fused-ring (bicyclic) bond motifs is 1. The number of hydrogen-bond donors (Lipinski definition) is 3. The summed E-state index contributed by atoms with van der Waals surface area (Å²) in [7, 11) is 0. The second-order valence-electron chi connectivity index (χ2n) is 8.62. The molecule has 0 radical (unpaired) electrons. The SMILES string of the molecule is CC(C)c1n[nH]c2c(NCc3ccccc3-n3cccn3)nc(N3CCC(N)CC3)nc12.Cl. The highest BCUT2D eigenvalue weighted by molar-refractivity contribution is 5.88. The number of piperidine rings is 1. The van der Waals surface area contributed by atoms with Crippen molar-refractivity contribution >= 4 is 35.2 Å². The number of aromatic nitrogens is 6. The zero-order valence-electron chi connectivity index (χ0n) is 18.9. The molecule has 33 heavy (non-hydrogen) atoms. The number of halogens is 1. The first kappa shape index (κ1) is 23.0. The number of para-hydroxylation sites is 1. The van der Waals surface area contributed by atoms with Crippen LogP contribution in [0.2, 0.25) is 0 Å². The highest BCUT2D eigenvalue weighted by Crippen LogP contribution is 2.29. The lowest BCUT2D eigenvalue weighted by molar-refractivity contribution is 0.496. The molecule has 4 aromatic rings. The summed E-state index contributed by atoms with van der Waals surface area (Å²) in [5, 5.41) is 15.6. The van der Waals surface area contributed by atoms with Gasteiger partial charge in [0.15, 0.2) is 5.82 Å². The molecule has 4 N–H and O–H groups in total. The number of hydrogen-bond acceptors (Lipinski definition) is 7. The normalized spacial score (nSPS) is 14.6. The van der Waals surface area contributed by atoms with Crippen LogP contribution in [0, 0.1) is 0 Å². The summed E-state index contributed by atoms with van der Waals surface area (Å²) in [5.41, 5.74) is 10.9. The van der Waals surface area contributed by atoms with Gasteiger partial charge in [-0.3, -0.25) is 5.10 Å². The van der Waals surface area contributed by atoms with Gasteiger partial charge in [-0.2, -0.15) is 15.2 Å². The number of rotatable bonds is 6. The second kappa shape index (κ2) is 9.76. The van der Waals surface area contributed by atoms with Crippen LogP contribution in [0.15, 0.2) is 42.7 Å². The fourth-order valence-electron chi connectivity index (χ4n) is 4.15. The standard InChI is InChI=1S/C23H29N9.ClH/c1-15(2)19-20-21(30-29-19)22(28-23(27-20)31-12-8-17(24)9-13-31)25-14-16-6-3-4-7-18(16)32-11-5-10-26-32;/h3-7,10-11,15,17H,8-9,12-14,24H2,1-2H3,(H,29,30)(H,25,27,28);1H. The predicted molar refractivity (Wildman–Crippen MR) is 133 cm³/mol. The number of benzene rings is 1. The molecule has 174 valence electrons. The summed E-state index contributed by atoms with van der Waals surface area (Å²) in [6.07, 6.45) is 5.63. The van der Waals surface area contributed by atoms with E-state index in [1.807, 2.05) is 29.1 Å². The van der Waals surface area contributed by atoms with Crippen LogP contribution in [0.25, 0.3) is 16.7 Å². The van der Waals surface area contributed by atoms with Crippen molar-refractivity contribution in [1.82, 2.24) is 29.9 Å². The van der Waals surface area contributed by atoms with Crippen molar-refractivity contribution in [3.8, 4) is 5.69 Å². The third-order valence-electron chi connectivity index (χ3n) is 5.99. The summed E-state index contributed by atoms with van der Waals surface area (Å²) in [5.74, 6) is 1.75. The van der Waals surface area contributed by atoms with Gasteiger partial charge in [0.2, 0.25) is 5.95 Å².